The standard InChI is InChI=1S/C11H20N2O4/c1-2-17-11(16)12-10(15)8-13(6-7-14)9-4-3-5-9/h9,14H,2-8H2,1H3,(H,12,15,16). The Hall–Kier alpha value is -1.14. The highest BCUT2D eigenvalue weighted by molar-refractivity contribution is 5.92. The van der Waals surface area contributed by atoms with E-state index in [-0.39, 0.29) is 25.7 Å². The van der Waals surface area contributed by atoms with Gasteiger partial charge in [-0.1, -0.05) is 6.42 Å². The molecule has 6 nitrogen and oxygen atoms in total. The lowest BCUT2D eigenvalue weighted by atomic mass is 9.91. The van der Waals surface area contributed by atoms with Crippen LogP contribution >= 0.6 is 0 Å². The van der Waals surface area contributed by atoms with Gasteiger partial charge in [0.1, 0.15) is 0 Å². The van der Waals surface area contributed by atoms with Gasteiger partial charge in [-0.3, -0.25) is 15.0 Å². The fourth-order valence-corrected chi connectivity index (χ4v) is 1.78. The summed E-state index contributed by atoms with van der Waals surface area (Å²) in [6.45, 7) is 2.52. The van der Waals surface area contributed by atoms with Gasteiger partial charge in [0.15, 0.2) is 0 Å². The molecule has 1 fully saturated rings. The minimum absolute atomic E-state index is 0.0171. The minimum Gasteiger partial charge on any atom is -0.450 e. The molecular weight excluding hydrogens is 224 g/mol. The Morgan fingerprint density at radius 1 is 1.47 bits per heavy atom. The third-order valence-corrected chi connectivity index (χ3v) is 2.84. The molecule has 0 aliphatic heterocycles. The van der Waals surface area contributed by atoms with Crippen molar-refractivity contribution in [3.8, 4) is 0 Å². The van der Waals surface area contributed by atoms with Crippen molar-refractivity contribution in [1.29, 1.82) is 0 Å². The van der Waals surface area contributed by atoms with Gasteiger partial charge in [0.2, 0.25) is 5.91 Å². The van der Waals surface area contributed by atoms with Gasteiger partial charge in [0.25, 0.3) is 0 Å². The van der Waals surface area contributed by atoms with Gasteiger partial charge in [0.05, 0.1) is 19.8 Å². The first-order chi connectivity index (χ1) is 8.17. The molecule has 2 N–H and O–H groups in total. The third-order valence-electron chi connectivity index (χ3n) is 2.84. The van der Waals surface area contributed by atoms with E-state index in [1.54, 1.807) is 6.92 Å². The number of rotatable bonds is 6. The predicted molar refractivity (Wildman–Crippen MR) is 61.5 cm³/mol. The van der Waals surface area contributed by atoms with Crippen LogP contribution in [0.5, 0.6) is 0 Å². The molecule has 0 saturated heterocycles. The second-order valence-electron chi connectivity index (χ2n) is 4.05. The van der Waals surface area contributed by atoms with Crippen LogP contribution in [0.3, 0.4) is 0 Å². The molecule has 0 unspecified atom stereocenters. The van der Waals surface area contributed by atoms with Crippen molar-refractivity contribution in [1.82, 2.24) is 10.2 Å². The summed E-state index contributed by atoms with van der Waals surface area (Å²) < 4.78 is 4.62. The molecule has 0 atom stereocenters. The van der Waals surface area contributed by atoms with E-state index in [4.69, 9.17) is 5.11 Å². The lowest BCUT2D eigenvalue weighted by Gasteiger charge is -2.36. The summed E-state index contributed by atoms with van der Waals surface area (Å²) in [5.41, 5.74) is 0. The molecular formula is C11H20N2O4. The van der Waals surface area contributed by atoms with E-state index < -0.39 is 6.09 Å². The van der Waals surface area contributed by atoms with Crippen molar-refractivity contribution >= 4 is 12.0 Å². The van der Waals surface area contributed by atoms with Gasteiger partial charge >= 0.3 is 6.09 Å². The summed E-state index contributed by atoms with van der Waals surface area (Å²) >= 11 is 0. The normalized spacial score (nSPS) is 15.5. The van der Waals surface area contributed by atoms with Crippen LogP contribution in [0.2, 0.25) is 0 Å². The zero-order valence-corrected chi connectivity index (χ0v) is 10.1. The molecule has 0 bridgehead atoms. The van der Waals surface area contributed by atoms with Gasteiger partial charge in [-0.05, 0) is 19.8 Å². The zero-order valence-electron chi connectivity index (χ0n) is 10.1. The number of hydrogen-bond acceptors (Lipinski definition) is 5. The van der Waals surface area contributed by atoms with Crippen molar-refractivity contribution in [3.63, 3.8) is 0 Å². The van der Waals surface area contributed by atoms with Crippen molar-refractivity contribution in [2.45, 2.75) is 32.2 Å². The first-order valence-electron chi connectivity index (χ1n) is 5.99. The summed E-state index contributed by atoms with van der Waals surface area (Å²) in [6, 6.07) is 0.357. The Labute approximate surface area is 101 Å². The SMILES string of the molecule is CCOC(=O)NC(=O)CN(CCO)C1CCC1. The number of aliphatic hydroxyl groups excluding tert-OH is 1. The molecule has 1 aliphatic carbocycles. The summed E-state index contributed by atoms with van der Waals surface area (Å²) in [5, 5.41) is 11.1. The number of amides is 2. The van der Waals surface area contributed by atoms with Gasteiger partial charge in [0, 0.05) is 12.6 Å². The molecule has 0 aromatic rings. The van der Waals surface area contributed by atoms with Crippen LogP contribution in [-0.2, 0) is 9.53 Å². The van der Waals surface area contributed by atoms with Crippen molar-refractivity contribution in [3.05, 3.63) is 0 Å². The van der Waals surface area contributed by atoms with Crippen LogP contribution in [-0.4, -0.2) is 54.4 Å². The number of nitrogens with zero attached hydrogens (tertiary/aromatic N) is 1. The van der Waals surface area contributed by atoms with Crippen LogP contribution in [0.1, 0.15) is 26.2 Å². The number of carbonyl (C=O) groups is 2. The van der Waals surface area contributed by atoms with Crippen LogP contribution in [0.4, 0.5) is 4.79 Å². The molecule has 0 spiro atoms. The molecule has 6 heteroatoms. The number of alkyl carbamates (subject to hydrolysis) is 1. The van der Waals surface area contributed by atoms with Gasteiger partial charge in [-0.25, -0.2) is 4.79 Å². The summed E-state index contributed by atoms with van der Waals surface area (Å²) in [4.78, 5) is 24.4. The molecule has 1 aliphatic rings. The minimum atomic E-state index is -0.713. The topological polar surface area (TPSA) is 78.9 Å². The van der Waals surface area contributed by atoms with E-state index >= 15 is 0 Å². The molecule has 2 amide bonds. The third kappa shape index (κ3) is 4.70. The average molecular weight is 244 g/mol. The smallest absolute Gasteiger partial charge is 0.413 e. The zero-order chi connectivity index (χ0) is 12.7. The highest BCUT2D eigenvalue weighted by atomic mass is 16.5. The number of nitrogens with one attached hydrogen (secondary N) is 1. The second-order valence-corrected chi connectivity index (χ2v) is 4.05. The Morgan fingerprint density at radius 2 is 2.18 bits per heavy atom. The Kier molecular flexibility index (Phi) is 5.93. The summed E-state index contributed by atoms with van der Waals surface area (Å²) in [5.74, 6) is -0.385. The van der Waals surface area contributed by atoms with Crippen molar-refractivity contribution < 1.29 is 19.4 Å². The van der Waals surface area contributed by atoms with Gasteiger partial charge in [-0.2, -0.15) is 0 Å². The fourth-order valence-electron chi connectivity index (χ4n) is 1.78. The highest BCUT2D eigenvalue weighted by Gasteiger charge is 2.26. The van der Waals surface area contributed by atoms with E-state index in [1.165, 1.54) is 0 Å². The van der Waals surface area contributed by atoms with E-state index in [1.807, 2.05) is 4.90 Å². The Bertz CT molecular complexity index is 266. The molecule has 98 valence electrons. The van der Waals surface area contributed by atoms with Crippen LogP contribution in [0.15, 0.2) is 0 Å². The maximum absolute atomic E-state index is 11.5. The molecule has 0 heterocycles. The van der Waals surface area contributed by atoms with Crippen LogP contribution in [0, 0.1) is 0 Å². The second kappa shape index (κ2) is 7.24. The number of carbonyl (C=O) groups excluding carboxylic acids is 2. The van der Waals surface area contributed by atoms with Crippen LogP contribution < -0.4 is 5.32 Å². The first kappa shape index (κ1) is 13.9. The molecule has 0 radical (unpaired) electrons. The largest absolute Gasteiger partial charge is 0.450 e. The molecule has 0 aromatic carbocycles. The van der Waals surface area contributed by atoms with E-state index in [0.29, 0.717) is 12.6 Å². The lowest BCUT2D eigenvalue weighted by Crippen LogP contribution is -2.48. The van der Waals surface area contributed by atoms with Crippen molar-refractivity contribution in [2.24, 2.45) is 0 Å². The number of hydrogen-bond donors (Lipinski definition) is 2. The average Bonchev–Trinajstić information content (AvgIpc) is 2.14. The highest BCUT2D eigenvalue weighted by Crippen LogP contribution is 2.24. The van der Waals surface area contributed by atoms with E-state index in [0.717, 1.165) is 19.3 Å². The molecule has 1 saturated carbocycles. The predicted octanol–water partition coefficient (Wildman–Crippen LogP) is 0.106. The molecule has 17 heavy (non-hydrogen) atoms. The number of ether oxygens (including phenoxy) is 1. The lowest BCUT2D eigenvalue weighted by molar-refractivity contribution is -0.122. The Morgan fingerprint density at radius 3 is 2.65 bits per heavy atom. The monoisotopic (exact) mass is 244 g/mol. The van der Waals surface area contributed by atoms with E-state index in [9.17, 15) is 9.59 Å². The molecule has 0 aromatic heterocycles. The number of imide groups is 1. The number of aliphatic hydroxyl groups is 1. The van der Waals surface area contributed by atoms with Gasteiger partial charge in [-0.15, -0.1) is 0 Å². The fraction of sp³-hybridized carbons (Fsp3) is 0.818. The van der Waals surface area contributed by atoms with E-state index in [2.05, 4.69) is 10.1 Å². The molecule has 1 rings (SSSR count). The summed E-state index contributed by atoms with van der Waals surface area (Å²) in [6.07, 6.45) is 2.54. The first-order valence-corrected chi connectivity index (χ1v) is 5.99. The summed E-state index contributed by atoms with van der Waals surface area (Å²) in [7, 11) is 0. The van der Waals surface area contributed by atoms with Crippen LogP contribution in [0.25, 0.3) is 0 Å². The maximum Gasteiger partial charge on any atom is 0.413 e. The maximum atomic E-state index is 11.5. The van der Waals surface area contributed by atoms with Crippen molar-refractivity contribution in [2.75, 3.05) is 26.3 Å². The van der Waals surface area contributed by atoms with Gasteiger partial charge < -0.3 is 9.84 Å². The Balaban J connectivity index is 2.32. The quantitative estimate of drug-likeness (QED) is 0.693.